The van der Waals surface area contributed by atoms with Gasteiger partial charge in [0.2, 0.25) is 11.8 Å². The fourth-order valence-corrected chi connectivity index (χ4v) is 2.84. The smallest absolute Gasteiger partial charge is 0.222 e. The Morgan fingerprint density at radius 3 is 2.44 bits per heavy atom. The summed E-state index contributed by atoms with van der Waals surface area (Å²) in [7, 11) is 0. The highest BCUT2D eigenvalue weighted by Crippen LogP contribution is 2.17. The number of aryl methyl sites for hydroxylation is 1. The van der Waals surface area contributed by atoms with E-state index in [4.69, 9.17) is 0 Å². The molecule has 1 saturated heterocycles. The zero-order chi connectivity index (χ0) is 17.4. The second-order valence-corrected chi connectivity index (χ2v) is 6.31. The van der Waals surface area contributed by atoms with Crippen molar-refractivity contribution in [2.45, 2.75) is 26.3 Å². The first kappa shape index (κ1) is 21.4. The first-order valence-corrected chi connectivity index (χ1v) is 8.58. The van der Waals surface area contributed by atoms with E-state index in [2.05, 4.69) is 20.9 Å². The van der Waals surface area contributed by atoms with Gasteiger partial charge in [0.15, 0.2) is 0 Å². The highest BCUT2D eigenvalue weighted by Gasteiger charge is 2.17. The van der Waals surface area contributed by atoms with Crippen LogP contribution in [0.15, 0.2) is 24.3 Å². The highest BCUT2D eigenvalue weighted by molar-refractivity contribution is 5.85. The molecule has 1 fully saturated rings. The van der Waals surface area contributed by atoms with Crippen molar-refractivity contribution >= 4 is 24.2 Å². The summed E-state index contributed by atoms with van der Waals surface area (Å²) < 4.78 is 0. The molecule has 1 unspecified atom stereocenters. The van der Waals surface area contributed by atoms with Crippen LogP contribution in [0.4, 0.5) is 0 Å². The molecule has 1 aromatic carbocycles. The summed E-state index contributed by atoms with van der Waals surface area (Å²) in [6.45, 7) is 9.05. The third kappa shape index (κ3) is 7.86. The number of carbonyl (C=O) groups is 2. The van der Waals surface area contributed by atoms with Gasteiger partial charge in [0.25, 0.3) is 0 Å². The molecule has 25 heavy (non-hydrogen) atoms. The van der Waals surface area contributed by atoms with Crippen LogP contribution < -0.4 is 16.0 Å². The molecular formula is C18H29ClN4O2. The number of hydrogen-bond acceptors (Lipinski definition) is 4. The van der Waals surface area contributed by atoms with Gasteiger partial charge in [-0.2, -0.15) is 0 Å². The maximum atomic E-state index is 12.2. The summed E-state index contributed by atoms with van der Waals surface area (Å²) in [4.78, 5) is 26.0. The lowest BCUT2D eigenvalue weighted by Gasteiger charge is -2.27. The number of hydrogen-bond donors (Lipinski definition) is 3. The number of piperazine rings is 1. The first-order chi connectivity index (χ1) is 11.5. The van der Waals surface area contributed by atoms with E-state index in [1.807, 2.05) is 31.2 Å². The Morgan fingerprint density at radius 1 is 1.20 bits per heavy atom. The summed E-state index contributed by atoms with van der Waals surface area (Å²) >= 11 is 0. The summed E-state index contributed by atoms with van der Waals surface area (Å²) in [6.07, 6.45) is 0.254. The molecule has 7 heteroatoms. The Labute approximate surface area is 156 Å². The molecule has 2 amide bonds. The minimum absolute atomic E-state index is 0. The van der Waals surface area contributed by atoms with E-state index in [0.717, 1.165) is 43.9 Å². The van der Waals surface area contributed by atoms with Gasteiger partial charge in [-0.25, -0.2) is 0 Å². The number of halogens is 1. The third-order valence-corrected chi connectivity index (χ3v) is 4.21. The van der Waals surface area contributed by atoms with Crippen LogP contribution >= 0.6 is 12.4 Å². The fraction of sp³-hybridized carbons (Fsp3) is 0.556. The largest absolute Gasteiger partial charge is 0.355 e. The maximum absolute atomic E-state index is 12.2. The Hall–Kier alpha value is -1.63. The standard InChI is InChI=1S/C18H28N4O2.ClH/c1-14-3-5-16(6-4-14)17(21-15(2)23)13-18(24)20-9-12-22-10-7-19-8-11-22;/h3-6,17,19H,7-13H2,1-2H3,(H,20,24)(H,21,23);1H. The quantitative estimate of drug-likeness (QED) is 0.671. The first-order valence-electron chi connectivity index (χ1n) is 8.58. The molecule has 0 saturated carbocycles. The molecule has 3 N–H and O–H groups in total. The van der Waals surface area contributed by atoms with Gasteiger partial charge in [-0.05, 0) is 12.5 Å². The zero-order valence-electron chi connectivity index (χ0n) is 15.0. The Morgan fingerprint density at radius 2 is 1.84 bits per heavy atom. The van der Waals surface area contributed by atoms with E-state index >= 15 is 0 Å². The molecule has 1 heterocycles. The number of benzene rings is 1. The van der Waals surface area contributed by atoms with Crippen molar-refractivity contribution < 1.29 is 9.59 Å². The molecule has 0 radical (unpaired) electrons. The van der Waals surface area contributed by atoms with Gasteiger partial charge < -0.3 is 16.0 Å². The second kappa shape index (κ2) is 11.1. The molecule has 1 aromatic rings. The van der Waals surface area contributed by atoms with Crippen molar-refractivity contribution in [1.82, 2.24) is 20.9 Å². The van der Waals surface area contributed by atoms with Crippen molar-refractivity contribution in [2.75, 3.05) is 39.3 Å². The summed E-state index contributed by atoms with van der Waals surface area (Å²) in [5, 5.41) is 9.14. The number of carbonyl (C=O) groups excluding carboxylic acids is 2. The van der Waals surface area contributed by atoms with Crippen LogP contribution in [-0.2, 0) is 9.59 Å². The van der Waals surface area contributed by atoms with E-state index in [-0.39, 0.29) is 36.7 Å². The van der Waals surface area contributed by atoms with Gasteiger partial charge in [-0.1, -0.05) is 29.8 Å². The van der Waals surface area contributed by atoms with Gasteiger partial charge in [-0.3, -0.25) is 14.5 Å². The molecule has 0 bridgehead atoms. The number of nitrogens with zero attached hydrogens (tertiary/aromatic N) is 1. The molecule has 1 aliphatic rings. The predicted molar refractivity (Wildman–Crippen MR) is 102 cm³/mol. The monoisotopic (exact) mass is 368 g/mol. The minimum atomic E-state index is -0.290. The fourth-order valence-electron chi connectivity index (χ4n) is 2.84. The SMILES string of the molecule is CC(=O)NC(CC(=O)NCCN1CCNCC1)c1ccc(C)cc1.Cl. The number of rotatable bonds is 7. The van der Waals surface area contributed by atoms with Crippen molar-refractivity contribution in [1.29, 1.82) is 0 Å². The lowest BCUT2D eigenvalue weighted by molar-refractivity contribution is -0.122. The molecule has 140 valence electrons. The second-order valence-electron chi connectivity index (χ2n) is 6.31. The minimum Gasteiger partial charge on any atom is -0.355 e. The molecule has 0 spiro atoms. The molecule has 2 rings (SSSR count). The van der Waals surface area contributed by atoms with E-state index in [0.29, 0.717) is 6.54 Å². The molecular weight excluding hydrogens is 340 g/mol. The lowest BCUT2D eigenvalue weighted by atomic mass is 10.0. The normalized spacial score (nSPS) is 15.8. The molecule has 0 aromatic heterocycles. The summed E-state index contributed by atoms with van der Waals surface area (Å²) in [5.74, 6) is -0.168. The molecule has 1 aliphatic heterocycles. The Balaban J connectivity index is 0.00000312. The third-order valence-electron chi connectivity index (χ3n) is 4.21. The van der Waals surface area contributed by atoms with Crippen LogP contribution in [0.5, 0.6) is 0 Å². The average Bonchev–Trinajstić information content (AvgIpc) is 2.55. The predicted octanol–water partition coefficient (Wildman–Crippen LogP) is 1.01. The van der Waals surface area contributed by atoms with Gasteiger partial charge in [0.1, 0.15) is 0 Å². The van der Waals surface area contributed by atoms with Crippen LogP contribution in [0.1, 0.15) is 30.5 Å². The van der Waals surface area contributed by atoms with Gasteiger partial charge in [0, 0.05) is 46.2 Å². The van der Waals surface area contributed by atoms with E-state index < -0.39 is 0 Å². The average molecular weight is 369 g/mol. The van der Waals surface area contributed by atoms with Crippen molar-refractivity contribution in [3.8, 4) is 0 Å². The van der Waals surface area contributed by atoms with Crippen LogP contribution in [0.2, 0.25) is 0 Å². The van der Waals surface area contributed by atoms with Gasteiger partial charge in [0.05, 0.1) is 12.5 Å². The van der Waals surface area contributed by atoms with Gasteiger partial charge in [-0.15, -0.1) is 12.4 Å². The topological polar surface area (TPSA) is 73.5 Å². The lowest BCUT2D eigenvalue weighted by Crippen LogP contribution is -2.46. The van der Waals surface area contributed by atoms with E-state index in [1.165, 1.54) is 6.92 Å². The molecule has 0 aliphatic carbocycles. The Bertz CT molecular complexity index is 545. The Kier molecular flexibility index (Phi) is 9.49. The summed E-state index contributed by atoms with van der Waals surface area (Å²) in [6, 6.07) is 7.62. The highest BCUT2D eigenvalue weighted by atomic mass is 35.5. The molecule has 6 nitrogen and oxygen atoms in total. The summed E-state index contributed by atoms with van der Waals surface area (Å²) in [5.41, 5.74) is 2.11. The van der Waals surface area contributed by atoms with E-state index in [9.17, 15) is 9.59 Å². The zero-order valence-corrected chi connectivity index (χ0v) is 15.8. The van der Waals surface area contributed by atoms with Crippen LogP contribution in [0.3, 0.4) is 0 Å². The van der Waals surface area contributed by atoms with Gasteiger partial charge >= 0.3 is 0 Å². The maximum Gasteiger partial charge on any atom is 0.222 e. The molecule has 1 atom stereocenters. The van der Waals surface area contributed by atoms with Crippen LogP contribution in [-0.4, -0.2) is 56.0 Å². The van der Waals surface area contributed by atoms with Crippen molar-refractivity contribution in [3.05, 3.63) is 35.4 Å². The number of nitrogens with one attached hydrogen (secondary N) is 3. The van der Waals surface area contributed by atoms with Crippen molar-refractivity contribution in [2.24, 2.45) is 0 Å². The van der Waals surface area contributed by atoms with E-state index in [1.54, 1.807) is 0 Å². The van der Waals surface area contributed by atoms with Crippen LogP contribution in [0, 0.1) is 6.92 Å². The number of amides is 2. The van der Waals surface area contributed by atoms with Crippen LogP contribution in [0.25, 0.3) is 0 Å². The van der Waals surface area contributed by atoms with Crippen molar-refractivity contribution in [3.63, 3.8) is 0 Å².